The van der Waals surface area contributed by atoms with Gasteiger partial charge in [-0.05, 0) is 12.8 Å². The predicted molar refractivity (Wildman–Crippen MR) is 40.8 cm³/mol. The van der Waals surface area contributed by atoms with Gasteiger partial charge in [-0.1, -0.05) is 13.8 Å². The summed E-state index contributed by atoms with van der Waals surface area (Å²) in [5.74, 6) is -0.0563. The Morgan fingerprint density at radius 3 is 2.55 bits per heavy atom. The van der Waals surface area contributed by atoms with E-state index in [2.05, 4.69) is 10.2 Å². The molecule has 1 rings (SSSR count). The second kappa shape index (κ2) is 2.95. The molecule has 0 aliphatic carbocycles. The number of rotatable bonds is 1. The Kier molecular flexibility index (Phi) is 2.17. The molecule has 0 N–H and O–H groups in total. The van der Waals surface area contributed by atoms with Gasteiger partial charge in [-0.2, -0.15) is 10.2 Å². The molecule has 0 unspecified atom stereocenters. The quantitative estimate of drug-likeness (QED) is 0.618. The standard InChI is InChI=1S/C8H11FN2/c1-5(2)7-4-10-11-6(3)8(7)9/h4-5H,1-3H3. The van der Waals surface area contributed by atoms with Crippen molar-refractivity contribution < 1.29 is 4.39 Å². The predicted octanol–water partition coefficient (Wildman–Crippen LogP) is 2.05. The van der Waals surface area contributed by atoms with Crippen molar-refractivity contribution in [2.75, 3.05) is 0 Å². The first kappa shape index (κ1) is 8.11. The highest BCUT2D eigenvalue weighted by molar-refractivity contribution is 5.17. The highest BCUT2D eigenvalue weighted by atomic mass is 19.1. The maximum Gasteiger partial charge on any atom is 0.151 e. The molecule has 0 saturated heterocycles. The first-order valence-electron chi connectivity index (χ1n) is 3.60. The van der Waals surface area contributed by atoms with Crippen molar-refractivity contribution in [3.05, 3.63) is 23.3 Å². The van der Waals surface area contributed by atoms with E-state index in [0.29, 0.717) is 11.3 Å². The van der Waals surface area contributed by atoms with Crippen LogP contribution in [0.5, 0.6) is 0 Å². The molecule has 1 aromatic heterocycles. The summed E-state index contributed by atoms with van der Waals surface area (Å²) < 4.78 is 13.1. The lowest BCUT2D eigenvalue weighted by molar-refractivity contribution is 0.572. The fourth-order valence-corrected chi connectivity index (χ4v) is 0.890. The third-order valence-corrected chi connectivity index (χ3v) is 1.60. The SMILES string of the molecule is Cc1nncc(C(C)C)c1F. The minimum Gasteiger partial charge on any atom is -0.205 e. The van der Waals surface area contributed by atoms with E-state index in [1.54, 1.807) is 6.92 Å². The van der Waals surface area contributed by atoms with Crippen LogP contribution in [0.1, 0.15) is 31.0 Å². The second-order valence-electron chi connectivity index (χ2n) is 2.85. The Bertz CT molecular complexity index is 258. The molecular formula is C8H11FN2. The summed E-state index contributed by atoms with van der Waals surface area (Å²) in [6.07, 6.45) is 1.48. The summed E-state index contributed by atoms with van der Waals surface area (Å²) in [7, 11) is 0. The molecule has 0 aromatic carbocycles. The first-order valence-corrected chi connectivity index (χ1v) is 3.60. The van der Waals surface area contributed by atoms with E-state index in [0.717, 1.165) is 0 Å². The van der Waals surface area contributed by atoms with E-state index in [9.17, 15) is 4.39 Å². The molecule has 0 atom stereocenters. The molecule has 1 aromatic rings. The van der Waals surface area contributed by atoms with Crippen molar-refractivity contribution in [2.24, 2.45) is 0 Å². The molecule has 0 radical (unpaired) electrons. The van der Waals surface area contributed by atoms with Gasteiger partial charge in [0, 0.05) is 5.56 Å². The van der Waals surface area contributed by atoms with E-state index in [4.69, 9.17) is 0 Å². The lowest BCUT2D eigenvalue weighted by Gasteiger charge is -2.05. The van der Waals surface area contributed by atoms with Crippen LogP contribution in [0.2, 0.25) is 0 Å². The average molecular weight is 154 g/mol. The number of aromatic nitrogens is 2. The Balaban J connectivity index is 3.17. The molecule has 0 saturated carbocycles. The van der Waals surface area contributed by atoms with Crippen molar-refractivity contribution in [3.8, 4) is 0 Å². The molecule has 3 heteroatoms. The Morgan fingerprint density at radius 1 is 1.45 bits per heavy atom. The van der Waals surface area contributed by atoms with Crippen LogP contribution in [0.25, 0.3) is 0 Å². The number of aryl methyl sites for hydroxylation is 1. The van der Waals surface area contributed by atoms with Crippen LogP contribution in [0.15, 0.2) is 6.20 Å². The van der Waals surface area contributed by atoms with E-state index >= 15 is 0 Å². The fourth-order valence-electron chi connectivity index (χ4n) is 0.890. The normalized spacial score (nSPS) is 10.6. The zero-order valence-electron chi connectivity index (χ0n) is 6.93. The van der Waals surface area contributed by atoms with Gasteiger partial charge in [0.05, 0.1) is 11.9 Å². The van der Waals surface area contributed by atoms with E-state index in [1.165, 1.54) is 6.20 Å². The summed E-state index contributed by atoms with van der Waals surface area (Å²) in [5.41, 5.74) is 1.01. The zero-order valence-corrected chi connectivity index (χ0v) is 6.93. The largest absolute Gasteiger partial charge is 0.205 e. The number of hydrogen-bond donors (Lipinski definition) is 0. The van der Waals surface area contributed by atoms with Crippen LogP contribution in [0.3, 0.4) is 0 Å². The van der Waals surface area contributed by atoms with Gasteiger partial charge in [-0.3, -0.25) is 0 Å². The lowest BCUT2D eigenvalue weighted by atomic mass is 10.1. The van der Waals surface area contributed by atoms with Crippen LogP contribution in [-0.2, 0) is 0 Å². The third kappa shape index (κ3) is 1.53. The van der Waals surface area contributed by atoms with Crippen LogP contribution in [0, 0.1) is 12.7 Å². The van der Waals surface area contributed by atoms with Gasteiger partial charge >= 0.3 is 0 Å². The van der Waals surface area contributed by atoms with Gasteiger partial charge in [-0.15, -0.1) is 0 Å². The van der Waals surface area contributed by atoms with E-state index in [1.807, 2.05) is 13.8 Å². The van der Waals surface area contributed by atoms with Crippen molar-refractivity contribution in [1.82, 2.24) is 10.2 Å². The molecule has 0 fully saturated rings. The number of halogens is 1. The molecular weight excluding hydrogens is 143 g/mol. The monoisotopic (exact) mass is 154 g/mol. The van der Waals surface area contributed by atoms with Gasteiger partial charge in [0.2, 0.25) is 0 Å². The summed E-state index contributed by atoms with van der Waals surface area (Å²) in [4.78, 5) is 0. The molecule has 2 nitrogen and oxygen atoms in total. The van der Waals surface area contributed by atoms with E-state index in [-0.39, 0.29) is 11.7 Å². The van der Waals surface area contributed by atoms with Gasteiger partial charge in [0.25, 0.3) is 0 Å². The van der Waals surface area contributed by atoms with Crippen molar-refractivity contribution in [3.63, 3.8) is 0 Å². The van der Waals surface area contributed by atoms with Gasteiger partial charge in [0.1, 0.15) is 0 Å². The maximum absolute atomic E-state index is 13.1. The van der Waals surface area contributed by atoms with E-state index < -0.39 is 0 Å². The average Bonchev–Trinajstić information content (AvgIpc) is 1.94. The molecule has 0 aliphatic rings. The molecule has 0 spiro atoms. The highest BCUT2D eigenvalue weighted by Gasteiger charge is 2.09. The topological polar surface area (TPSA) is 25.8 Å². The third-order valence-electron chi connectivity index (χ3n) is 1.60. The summed E-state index contributed by atoms with van der Waals surface area (Å²) in [6, 6.07) is 0. The smallest absolute Gasteiger partial charge is 0.151 e. The summed E-state index contributed by atoms with van der Waals surface area (Å²) >= 11 is 0. The van der Waals surface area contributed by atoms with Crippen molar-refractivity contribution >= 4 is 0 Å². The van der Waals surface area contributed by atoms with Crippen LogP contribution in [-0.4, -0.2) is 10.2 Å². The van der Waals surface area contributed by atoms with Crippen molar-refractivity contribution in [1.29, 1.82) is 0 Å². The van der Waals surface area contributed by atoms with Gasteiger partial charge in [0.15, 0.2) is 5.82 Å². The van der Waals surface area contributed by atoms with Gasteiger partial charge in [-0.25, -0.2) is 4.39 Å². The first-order chi connectivity index (χ1) is 5.13. The molecule has 0 aliphatic heterocycles. The number of nitrogens with zero attached hydrogens (tertiary/aromatic N) is 2. The van der Waals surface area contributed by atoms with Crippen LogP contribution < -0.4 is 0 Å². The summed E-state index contributed by atoms with van der Waals surface area (Å²) in [5, 5.41) is 7.27. The minimum atomic E-state index is -0.227. The molecule has 1 heterocycles. The Morgan fingerprint density at radius 2 is 2.09 bits per heavy atom. The maximum atomic E-state index is 13.1. The Hall–Kier alpha value is -0.990. The second-order valence-corrected chi connectivity index (χ2v) is 2.85. The molecule has 0 bridgehead atoms. The lowest BCUT2D eigenvalue weighted by Crippen LogP contribution is -1.99. The van der Waals surface area contributed by atoms with Gasteiger partial charge < -0.3 is 0 Å². The molecule has 60 valence electrons. The molecule has 0 amide bonds. The van der Waals surface area contributed by atoms with Crippen LogP contribution >= 0.6 is 0 Å². The number of hydrogen-bond acceptors (Lipinski definition) is 2. The zero-order chi connectivity index (χ0) is 8.43. The van der Waals surface area contributed by atoms with Crippen molar-refractivity contribution in [2.45, 2.75) is 26.7 Å². The fraction of sp³-hybridized carbons (Fsp3) is 0.500. The molecule has 11 heavy (non-hydrogen) atoms. The van der Waals surface area contributed by atoms with Crippen LogP contribution in [0.4, 0.5) is 4.39 Å². The minimum absolute atomic E-state index is 0.171. The Labute approximate surface area is 65.5 Å². The summed E-state index contributed by atoms with van der Waals surface area (Å²) in [6.45, 7) is 5.48. The highest BCUT2D eigenvalue weighted by Crippen LogP contribution is 2.17.